The van der Waals surface area contributed by atoms with Crippen molar-refractivity contribution in [3.63, 3.8) is 0 Å². The summed E-state index contributed by atoms with van der Waals surface area (Å²) >= 11 is 1.77. The Bertz CT molecular complexity index is 902. The van der Waals surface area contributed by atoms with E-state index in [0.717, 1.165) is 32.2 Å². The number of aliphatic hydroxyl groups excluding tert-OH is 1. The number of aromatic nitrogens is 1. The van der Waals surface area contributed by atoms with E-state index < -0.39 is 5.91 Å². The summed E-state index contributed by atoms with van der Waals surface area (Å²) in [6, 6.07) is 13.2. The topological polar surface area (TPSA) is 124 Å². The van der Waals surface area contributed by atoms with Crippen molar-refractivity contribution in [2.45, 2.75) is 13.0 Å². The molecule has 166 valence electrons. The third-order valence-electron chi connectivity index (χ3n) is 3.90. The first-order valence-corrected chi connectivity index (χ1v) is 10.1. The summed E-state index contributed by atoms with van der Waals surface area (Å²) < 4.78 is 11.2. The zero-order valence-corrected chi connectivity index (χ0v) is 18.4. The Hall–Kier alpha value is -3.27. The van der Waals surface area contributed by atoms with Crippen molar-refractivity contribution in [2.24, 2.45) is 5.73 Å². The summed E-state index contributed by atoms with van der Waals surface area (Å²) in [6.45, 7) is 3.66. The molecule has 0 atom stereocenters. The van der Waals surface area contributed by atoms with Gasteiger partial charge in [-0.15, -0.1) is 11.3 Å². The molecule has 0 fully saturated rings. The molecule has 2 aromatic heterocycles. The average molecular weight is 446 g/mol. The van der Waals surface area contributed by atoms with E-state index in [1.807, 2.05) is 25.0 Å². The maximum atomic E-state index is 11.1. The fourth-order valence-corrected chi connectivity index (χ4v) is 3.23. The first kappa shape index (κ1) is 25.8. The number of aliphatic hydroxyl groups is 1. The van der Waals surface area contributed by atoms with Gasteiger partial charge in [0.15, 0.2) is 11.5 Å². The molecule has 3 rings (SSSR count). The van der Waals surface area contributed by atoms with Gasteiger partial charge in [-0.25, -0.2) is 4.98 Å². The normalized spacial score (nSPS) is 9.52. The second-order valence-electron chi connectivity index (χ2n) is 5.84. The van der Waals surface area contributed by atoms with Crippen LogP contribution in [-0.4, -0.2) is 43.6 Å². The molecule has 0 aliphatic rings. The van der Waals surface area contributed by atoms with E-state index in [-0.39, 0.29) is 5.69 Å². The number of carbonyl (C=O) groups excluding carboxylic acids is 2. The number of methoxy groups -OCH3 is 1. The molecule has 0 spiro atoms. The number of ether oxygens (including phenoxy) is 2. The molecule has 0 saturated carbocycles. The van der Waals surface area contributed by atoms with E-state index in [1.54, 1.807) is 24.5 Å². The van der Waals surface area contributed by atoms with Gasteiger partial charge in [-0.3, -0.25) is 4.79 Å². The van der Waals surface area contributed by atoms with Crippen LogP contribution in [0.3, 0.4) is 0 Å². The van der Waals surface area contributed by atoms with Crippen LogP contribution in [-0.2, 0) is 17.8 Å². The van der Waals surface area contributed by atoms with Crippen molar-refractivity contribution >= 4 is 24.0 Å². The Morgan fingerprint density at radius 3 is 2.55 bits per heavy atom. The second-order valence-corrected chi connectivity index (χ2v) is 6.87. The molecule has 31 heavy (non-hydrogen) atoms. The number of hydrogen-bond donors (Lipinski definition) is 3. The lowest BCUT2D eigenvalue weighted by Gasteiger charge is -2.12. The van der Waals surface area contributed by atoms with Gasteiger partial charge in [-0.05, 0) is 47.7 Å². The highest BCUT2D eigenvalue weighted by Gasteiger charge is 2.09. The average Bonchev–Trinajstić information content (AvgIpc) is 3.34. The zero-order chi connectivity index (χ0) is 23.1. The summed E-state index contributed by atoms with van der Waals surface area (Å²) in [7, 11) is 2.60. The largest absolute Gasteiger partial charge is 0.493 e. The molecule has 3 aromatic rings. The van der Waals surface area contributed by atoms with Gasteiger partial charge in [0.25, 0.3) is 5.91 Å². The van der Waals surface area contributed by atoms with Crippen LogP contribution in [0.4, 0.5) is 0 Å². The molecule has 2 heterocycles. The lowest BCUT2D eigenvalue weighted by Crippen LogP contribution is -2.16. The standard InChI is InChI=1S/C20H21N3O3S.CH4O.CH2O/c1-25-19-11-14(12-22-9-8-16-3-2-10-27-16)4-7-18(19)26-15-5-6-17(20(21)24)23-13-15;2*1-2/h2-7,10-11,13,22H,8-9,12H2,1H3,(H2,21,24);2H,1H3;1H2. The highest BCUT2D eigenvalue weighted by molar-refractivity contribution is 7.09. The summed E-state index contributed by atoms with van der Waals surface area (Å²) in [6.07, 6.45) is 2.48. The predicted molar refractivity (Wildman–Crippen MR) is 121 cm³/mol. The van der Waals surface area contributed by atoms with Crippen molar-refractivity contribution in [3.05, 3.63) is 70.2 Å². The molecule has 9 heteroatoms. The van der Waals surface area contributed by atoms with Gasteiger partial charge in [0.05, 0.1) is 13.3 Å². The molecule has 8 nitrogen and oxygen atoms in total. The van der Waals surface area contributed by atoms with Crippen LogP contribution in [0.1, 0.15) is 20.9 Å². The quantitative estimate of drug-likeness (QED) is 0.433. The number of hydrogen-bond acceptors (Lipinski definition) is 8. The molecule has 0 saturated heterocycles. The van der Waals surface area contributed by atoms with Gasteiger partial charge in [0.1, 0.15) is 18.2 Å². The van der Waals surface area contributed by atoms with Crippen molar-refractivity contribution in [3.8, 4) is 17.2 Å². The molecule has 4 N–H and O–H groups in total. The highest BCUT2D eigenvalue weighted by atomic mass is 32.1. The first-order valence-electron chi connectivity index (χ1n) is 9.23. The van der Waals surface area contributed by atoms with Crippen molar-refractivity contribution in [1.82, 2.24) is 10.3 Å². The molecular weight excluding hydrogens is 418 g/mol. The Morgan fingerprint density at radius 1 is 1.19 bits per heavy atom. The number of amides is 1. The Balaban J connectivity index is 0.00000113. The number of nitrogens with zero attached hydrogens (tertiary/aromatic N) is 1. The SMILES string of the molecule is C=O.CO.COc1cc(CNCCc2cccs2)ccc1Oc1ccc(C(N)=O)nc1. The fraction of sp³-hybridized carbons (Fsp3) is 0.227. The van der Waals surface area contributed by atoms with Gasteiger partial charge >= 0.3 is 0 Å². The smallest absolute Gasteiger partial charge is 0.267 e. The Morgan fingerprint density at radius 2 is 1.97 bits per heavy atom. The number of benzene rings is 1. The molecule has 1 amide bonds. The molecular formula is C22H27N3O5S. The minimum absolute atomic E-state index is 0.193. The van der Waals surface area contributed by atoms with Gasteiger partial charge < -0.3 is 30.4 Å². The van der Waals surface area contributed by atoms with Gasteiger partial charge in [0.2, 0.25) is 0 Å². The Labute approximate surface area is 185 Å². The maximum absolute atomic E-state index is 11.1. The van der Waals surface area contributed by atoms with Crippen LogP contribution in [0, 0.1) is 0 Å². The number of nitrogens with two attached hydrogens (primary N) is 1. The van der Waals surface area contributed by atoms with Crippen LogP contribution in [0.2, 0.25) is 0 Å². The molecule has 0 unspecified atom stereocenters. The number of primary amides is 1. The van der Waals surface area contributed by atoms with E-state index in [4.69, 9.17) is 25.1 Å². The number of rotatable bonds is 9. The fourth-order valence-electron chi connectivity index (χ4n) is 2.52. The highest BCUT2D eigenvalue weighted by Crippen LogP contribution is 2.32. The van der Waals surface area contributed by atoms with Gasteiger partial charge in [-0.2, -0.15) is 0 Å². The van der Waals surface area contributed by atoms with Crippen LogP contribution in [0.5, 0.6) is 17.2 Å². The summed E-state index contributed by atoms with van der Waals surface area (Å²) in [4.78, 5) is 24.4. The van der Waals surface area contributed by atoms with Crippen LogP contribution in [0.15, 0.2) is 54.0 Å². The lowest BCUT2D eigenvalue weighted by atomic mass is 10.2. The third kappa shape index (κ3) is 8.55. The van der Waals surface area contributed by atoms with Crippen LogP contribution >= 0.6 is 11.3 Å². The van der Waals surface area contributed by atoms with Crippen LogP contribution < -0.4 is 20.5 Å². The van der Waals surface area contributed by atoms with E-state index in [0.29, 0.717) is 17.2 Å². The van der Waals surface area contributed by atoms with Crippen molar-refractivity contribution in [2.75, 3.05) is 20.8 Å². The minimum atomic E-state index is -0.574. The molecule has 0 aliphatic carbocycles. The molecule has 0 bridgehead atoms. The predicted octanol–water partition coefficient (Wildman–Crippen LogP) is 2.80. The van der Waals surface area contributed by atoms with Crippen molar-refractivity contribution < 1.29 is 24.2 Å². The molecule has 0 aliphatic heterocycles. The third-order valence-corrected chi connectivity index (χ3v) is 4.84. The molecule has 0 radical (unpaired) electrons. The van der Waals surface area contributed by atoms with E-state index >= 15 is 0 Å². The number of pyridine rings is 1. The summed E-state index contributed by atoms with van der Waals surface area (Å²) in [5, 5.41) is 12.5. The van der Waals surface area contributed by atoms with Crippen LogP contribution in [0.25, 0.3) is 0 Å². The number of carbonyl (C=O) groups is 2. The maximum Gasteiger partial charge on any atom is 0.267 e. The molecule has 1 aromatic carbocycles. The lowest BCUT2D eigenvalue weighted by molar-refractivity contribution is -0.0980. The summed E-state index contributed by atoms with van der Waals surface area (Å²) in [5.74, 6) is 1.13. The number of nitrogens with one attached hydrogen (secondary N) is 1. The van der Waals surface area contributed by atoms with E-state index in [2.05, 4.69) is 27.8 Å². The number of thiophene rings is 1. The summed E-state index contributed by atoms with van der Waals surface area (Å²) in [5.41, 5.74) is 6.49. The second kappa shape index (κ2) is 14.7. The minimum Gasteiger partial charge on any atom is -0.493 e. The van der Waals surface area contributed by atoms with E-state index in [1.165, 1.54) is 17.1 Å². The van der Waals surface area contributed by atoms with E-state index in [9.17, 15) is 4.79 Å². The van der Waals surface area contributed by atoms with Gasteiger partial charge in [0, 0.05) is 25.1 Å². The first-order chi connectivity index (χ1) is 15.2. The van der Waals surface area contributed by atoms with Crippen molar-refractivity contribution in [1.29, 1.82) is 0 Å². The van der Waals surface area contributed by atoms with Gasteiger partial charge in [-0.1, -0.05) is 12.1 Å². The monoisotopic (exact) mass is 445 g/mol. The Kier molecular flexibility index (Phi) is 12.2. The zero-order valence-electron chi connectivity index (χ0n) is 17.5.